The van der Waals surface area contributed by atoms with E-state index in [1.165, 1.54) is 12.1 Å². The van der Waals surface area contributed by atoms with E-state index in [4.69, 9.17) is 0 Å². The molecule has 134 valence electrons. The summed E-state index contributed by atoms with van der Waals surface area (Å²) in [7, 11) is 0. The molecule has 0 aliphatic carbocycles. The van der Waals surface area contributed by atoms with E-state index < -0.39 is 17.1 Å². The van der Waals surface area contributed by atoms with Gasteiger partial charge in [-0.2, -0.15) is 0 Å². The van der Waals surface area contributed by atoms with Crippen LogP contribution >= 0.6 is 0 Å². The number of aromatic nitrogens is 1. The molecule has 0 saturated carbocycles. The molecule has 1 aromatic heterocycles. The Morgan fingerprint density at radius 2 is 2.00 bits per heavy atom. The molecule has 0 bridgehead atoms. The van der Waals surface area contributed by atoms with Crippen LogP contribution in [0.3, 0.4) is 0 Å². The van der Waals surface area contributed by atoms with Gasteiger partial charge in [0.2, 0.25) is 0 Å². The number of carbonyl (C=O) groups excluding carboxylic acids is 1. The van der Waals surface area contributed by atoms with Gasteiger partial charge in [0, 0.05) is 40.5 Å². The molecule has 0 amide bonds. The van der Waals surface area contributed by atoms with E-state index in [1.54, 1.807) is 36.5 Å². The fourth-order valence-electron chi connectivity index (χ4n) is 2.76. The number of benzene rings is 2. The average molecular weight is 371 g/mol. The van der Waals surface area contributed by atoms with Gasteiger partial charge in [0.25, 0.3) is 0 Å². The predicted octanol–water partition coefficient (Wildman–Crippen LogP) is 2.92. The number of ketones is 1. The lowest BCUT2D eigenvalue weighted by atomic mass is 9.98. The molecule has 1 unspecified atom stereocenters. The molecule has 0 radical (unpaired) electrons. The highest BCUT2D eigenvalue weighted by Gasteiger charge is 2.12. The number of halogens is 1. The molecule has 1 heterocycles. The summed E-state index contributed by atoms with van der Waals surface area (Å²) < 4.78 is 37.1. The monoisotopic (exact) mass is 371 g/mol. The smallest absolute Gasteiger partial charge is 0.193 e. The summed E-state index contributed by atoms with van der Waals surface area (Å²) in [6, 6.07) is 13.0. The Kier molecular flexibility index (Phi) is 5.82. The lowest BCUT2D eigenvalue weighted by Crippen LogP contribution is -2.18. The highest BCUT2D eigenvalue weighted by Crippen LogP contribution is 2.19. The van der Waals surface area contributed by atoms with E-state index in [-0.39, 0.29) is 17.9 Å². The highest BCUT2D eigenvalue weighted by molar-refractivity contribution is 7.77. The Hall–Kier alpha value is -2.48. The topological polar surface area (TPSA) is 82.1 Å². The van der Waals surface area contributed by atoms with Crippen molar-refractivity contribution in [3.8, 4) is 0 Å². The third kappa shape index (κ3) is 4.57. The number of pyridine rings is 1. The Labute approximate surface area is 152 Å². The van der Waals surface area contributed by atoms with E-state index in [9.17, 15) is 17.9 Å². The molecule has 0 saturated heterocycles. The highest BCUT2D eigenvalue weighted by atomic mass is 32.2. The minimum Gasteiger partial charge on any atom is -0.760 e. The van der Waals surface area contributed by atoms with Crippen LogP contribution in [0.5, 0.6) is 0 Å². The molecule has 0 aliphatic rings. The standard InChI is InChI=1S/C19H17FN2O3S/c20-17-10-13(3-1-8-22-26(24)25)9-16(12-17)19(23)15-5-6-18-14(11-15)4-2-7-21-18/h2,4-7,9-12,22H,1,3,8H2,(H,24,25)/p-1. The lowest BCUT2D eigenvalue weighted by molar-refractivity contribution is 0.103. The summed E-state index contributed by atoms with van der Waals surface area (Å²) in [5.41, 5.74) is 2.16. The molecule has 7 heteroatoms. The number of fused-ring (bicyclic) bond motifs is 1. The second-order valence-electron chi connectivity index (χ2n) is 5.82. The molecular weight excluding hydrogens is 355 g/mol. The van der Waals surface area contributed by atoms with E-state index in [1.807, 2.05) is 6.07 Å². The first-order valence-corrected chi connectivity index (χ1v) is 9.12. The largest absolute Gasteiger partial charge is 0.760 e. The molecule has 5 nitrogen and oxygen atoms in total. The molecule has 2 aromatic carbocycles. The Morgan fingerprint density at radius 1 is 1.15 bits per heavy atom. The van der Waals surface area contributed by atoms with Crippen LogP contribution in [-0.4, -0.2) is 26.1 Å². The maximum absolute atomic E-state index is 13.9. The number of nitrogens with one attached hydrogen (secondary N) is 1. The number of hydrogen-bond donors (Lipinski definition) is 1. The van der Waals surface area contributed by atoms with Crippen molar-refractivity contribution in [3.05, 3.63) is 77.2 Å². The zero-order valence-corrected chi connectivity index (χ0v) is 14.6. The van der Waals surface area contributed by atoms with Gasteiger partial charge >= 0.3 is 0 Å². The van der Waals surface area contributed by atoms with Crippen LogP contribution < -0.4 is 4.72 Å². The van der Waals surface area contributed by atoms with Crippen molar-refractivity contribution in [2.75, 3.05) is 6.54 Å². The Bertz CT molecular complexity index is 978. The summed E-state index contributed by atoms with van der Waals surface area (Å²) in [5, 5.41) is 0.840. The molecule has 26 heavy (non-hydrogen) atoms. The van der Waals surface area contributed by atoms with Gasteiger partial charge in [0.1, 0.15) is 5.82 Å². The van der Waals surface area contributed by atoms with Gasteiger partial charge in [-0.25, -0.2) is 9.11 Å². The first-order valence-electron chi connectivity index (χ1n) is 8.04. The number of hydrogen-bond acceptors (Lipinski definition) is 4. The van der Waals surface area contributed by atoms with Crippen molar-refractivity contribution < 1.29 is 17.9 Å². The first kappa shape index (κ1) is 18.3. The van der Waals surface area contributed by atoms with Crippen molar-refractivity contribution in [2.24, 2.45) is 0 Å². The molecular formula is C19H16FN2O3S-. The number of carbonyl (C=O) groups is 1. The third-order valence-electron chi connectivity index (χ3n) is 3.95. The minimum absolute atomic E-state index is 0.258. The Balaban J connectivity index is 1.80. The van der Waals surface area contributed by atoms with E-state index in [0.717, 1.165) is 10.9 Å². The van der Waals surface area contributed by atoms with Crippen molar-refractivity contribution in [3.63, 3.8) is 0 Å². The van der Waals surface area contributed by atoms with E-state index in [0.29, 0.717) is 24.0 Å². The summed E-state index contributed by atoms with van der Waals surface area (Å²) in [6.45, 7) is 0.258. The number of aryl methyl sites for hydroxylation is 1. The average Bonchev–Trinajstić information content (AvgIpc) is 2.63. The van der Waals surface area contributed by atoms with Crippen molar-refractivity contribution in [1.29, 1.82) is 0 Å². The Morgan fingerprint density at radius 3 is 2.81 bits per heavy atom. The van der Waals surface area contributed by atoms with Crippen molar-refractivity contribution >= 4 is 28.0 Å². The molecule has 1 N–H and O–H groups in total. The molecule has 0 aliphatic heterocycles. The van der Waals surface area contributed by atoms with Crippen LogP contribution in [0.15, 0.2) is 54.7 Å². The van der Waals surface area contributed by atoms with Crippen LogP contribution in [0.1, 0.15) is 27.9 Å². The normalized spacial score (nSPS) is 12.2. The molecule has 3 rings (SSSR count). The van der Waals surface area contributed by atoms with Crippen molar-refractivity contribution in [1.82, 2.24) is 9.71 Å². The predicted molar refractivity (Wildman–Crippen MR) is 96.8 cm³/mol. The zero-order chi connectivity index (χ0) is 18.5. The maximum Gasteiger partial charge on any atom is 0.193 e. The van der Waals surface area contributed by atoms with Crippen LogP contribution in [0.4, 0.5) is 4.39 Å². The molecule has 0 spiro atoms. The van der Waals surface area contributed by atoms with Crippen LogP contribution in [0, 0.1) is 5.82 Å². The second-order valence-corrected chi connectivity index (χ2v) is 6.58. The quantitative estimate of drug-likeness (QED) is 0.393. The van der Waals surface area contributed by atoms with Gasteiger partial charge in [0.15, 0.2) is 5.78 Å². The van der Waals surface area contributed by atoms with Crippen LogP contribution in [0.2, 0.25) is 0 Å². The van der Waals surface area contributed by atoms with Crippen molar-refractivity contribution in [2.45, 2.75) is 12.8 Å². The fraction of sp³-hybridized carbons (Fsp3) is 0.158. The second kappa shape index (κ2) is 8.27. The summed E-state index contributed by atoms with van der Waals surface area (Å²) >= 11 is -2.31. The molecule has 1 atom stereocenters. The van der Waals surface area contributed by atoms with Gasteiger partial charge in [0.05, 0.1) is 5.52 Å². The van der Waals surface area contributed by atoms with E-state index in [2.05, 4.69) is 9.71 Å². The van der Waals surface area contributed by atoms with Crippen LogP contribution in [-0.2, 0) is 17.7 Å². The summed E-state index contributed by atoms with van der Waals surface area (Å²) in [5.74, 6) is -0.760. The molecule has 3 aromatic rings. The van der Waals surface area contributed by atoms with Crippen LogP contribution in [0.25, 0.3) is 10.9 Å². The summed E-state index contributed by atoms with van der Waals surface area (Å²) in [6.07, 6.45) is 2.65. The molecule has 0 fully saturated rings. The zero-order valence-electron chi connectivity index (χ0n) is 13.8. The maximum atomic E-state index is 13.9. The third-order valence-corrected chi connectivity index (χ3v) is 4.39. The van der Waals surface area contributed by atoms with Gasteiger partial charge < -0.3 is 4.55 Å². The van der Waals surface area contributed by atoms with E-state index >= 15 is 0 Å². The van der Waals surface area contributed by atoms with Gasteiger partial charge in [-0.3, -0.25) is 14.0 Å². The number of rotatable bonds is 7. The lowest BCUT2D eigenvalue weighted by Gasteiger charge is -2.09. The fourth-order valence-corrected chi connectivity index (χ4v) is 3.07. The summed E-state index contributed by atoms with van der Waals surface area (Å²) in [4.78, 5) is 16.9. The number of nitrogens with zero attached hydrogens (tertiary/aromatic N) is 1. The van der Waals surface area contributed by atoms with Gasteiger partial charge in [-0.15, -0.1) is 0 Å². The van der Waals surface area contributed by atoms with Gasteiger partial charge in [-0.05, 0) is 60.9 Å². The SMILES string of the molecule is O=C(c1cc(F)cc(CCCNS(=O)[O-])c1)c1ccc2ncccc2c1. The first-order chi connectivity index (χ1) is 12.5. The van der Waals surface area contributed by atoms with Gasteiger partial charge in [-0.1, -0.05) is 6.07 Å². The minimum atomic E-state index is -2.31.